The number of rotatable bonds is 9. The number of amides is 3. The van der Waals surface area contributed by atoms with Crippen LogP contribution in [0.25, 0.3) is 0 Å². The Kier molecular flexibility index (Phi) is 10.3. The zero-order valence-corrected chi connectivity index (χ0v) is 24.3. The average molecular weight is 522 g/mol. The van der Waals surface area contributed by atoms with Gasteiger partial charge in [0.15, 0.2) is 0 Å². The smallest absolute Gasteiger partial charge is 0.408 e. The van der Waals surface area contributed by atoms with E-state index in [1.54, 1.807) is 26.8 Å². The SMILES string of the molecule is C=CCN(C(=O)C(NC(=O)OC(C)(C)C)C(C)C)C(C(=O)Nc1c(C)cccc1C)c1cc(C)ccc1C. The van der Waals surface area contributed by atoms with Crippen LogP contribution >= 0.6 is 0 Å². The van der Waals surface area contributed by atoms with E-state index in [1.165, 1.54) is 4.90 Å². The van der Waals surface area contributed by atoms with E-state index in [2.05, 4.69) is 17.2 Å². The number of alkyl carbamates (subject to hydrolysis) is 1. The van der Waals surface area contributed by atoms with Crippen LogP contribution in [0.2, 0.25) is 0 Å². The molecule has 2 N–H and O–H groups in total. The van der Waals surface area contributed by atoms with E-state index < -0.39 is 29.7 Å². The molecule has 0 aliphatic carbocycles. The minimum Gasteiger partial charge on any atom is -0.444 e. The standard InChI is InChI=1S/C31H43N3O4/c1-11-17-34(29(36)25(19(2)3)33-30(37)38-31(8,9)10)27(24-18-20(4)15-16-21(24)5)28(35)32-26-22(6)13-12-14-23(26)7/h11-16,18-19,25,27H,1,17H2,2-10H3,(H,32,35)(H,33,37). The molecule has 0 bridgehead atoms. The Morgan fingerprint density at radius 3 is 2.13 bits per heavy atom. The first-order valence-corrected chi connectivity index (χ1v) is 13.0. The van der Waals surface area contributed by atoms with Gasteiger partial charge in [-0.1, -0.05) is 61.9 Å². The zero-order valence-electron chi connectivity index (χ0n) is 24.3. The van der Waals surface area contributed by atoms with Crippen molar-refractivity contribution in [1.29, 1.82) is 0 Å². The molecule has 0 saturated heterocycles. The summed E-state index contributed by atoms with van der Waals surface area (Å²) >= 11 is 0. The van der Waals surface area contributed by atoms with Crippen LogP contribution in [0.4, 0.5) is 10.5 Å². The molecule has 0 radical (unpaired) electrons. The summed E-state index contributed by atoms with van der Waals surface area (Å²) in [6.07, 6.45) is 0.902. The number of anilines is 1. The van der Waals surface area contributed by atoms with Gasteiger partial charge >= 0.3 is 6.09 Å². The fourth-order valence-corrected chi connectivity index (χ4v) is 4.30. The molecule has 7 heteroatoms. The zero-order chi connectivity index (χ0) is 28.8. The van der Waals surface area contributed by atoms with Crippen LogP contribution < -0.4 is 10.6 Å². The Morgan fingerprint density at radius 2 is 1.61 bits per heavy atom. The average Bonchev–Trinajstić information content (AvgIpc) is 2.80. The fraction of sp³-hybridized carbons (Fsp3) is 0.452. The van der Waals surface area contributed by atoms with Crippen LogP contribution in [0.3, 0.4) is 0 Å². The molecule has 0 heterocycles. The maximum Gasteiger partial charge on any atom is 0.408 e. The van der Waals surface area contributed by atoms with Crippen LogP contribution in [0.1, 0.15) is 68.5 Å². The Balaban J connectivity index is 2.60. The van der Waals surface area contributed by atoms with E-state index in [1.807, 2.05) is 77.9 Å². The summed E-state index contributed by atoms with van der Waals surface area (Å²) in [5.74, 6) is -0.998. The number of carbonyl (C=O) groups is 3. The van der Waals surface area contributed by atoms with E-state index in [9.17, 15) is 14.4 Å². The lowest BCUT2D eigenvalue weighted by Crippen LogP contribution is -2.54. The molecule has 0 fully saturated rings. The van der Waals surface area contributed by atoms with Crippen molar-refractivity contribution in [3.05, 3.63) is 76.9 Å². The Morgan fingerprint density at radius 1 is 1.00 bits per heavy atom. The van der Waals surface area contributed by atoms with Crippen molar-refractivity contribution in [2.75, 3.05) is 11.9 Å². The van der Waals surface area contributed by atoms with Gasteiger partial charge in [0, 0.05) is 12.2 Å². The van der Waals surface area contributed by atoms with Gasteiger partial charge in [0.05, 0.1) is 0 Å². The van der Waals surface area contributed by atoms with E-state index in [-0.39, 0.29) is 18.4 Å². The summed E-state index contributed by atoms with van der Waals surface area (Å²) in [5.41, 5.74) is 4.39. The first-order valence-electron chi connectivity index (χ1n) is 13.0. The molecule has 0 aromatic heterocycles. The van der Waals surface area contributed by atoms with Crippen molar-refractivity contribution in [2.45, 2.75) is 80.0 Å². The lowest BCUT2D eigenvalue weighted by molar-refractivity contribution is -0.141. The topological polar surface area (TPSA) is 87.7 Å². The summed E-state index contributed by atoms with van der Waals surface area (Å²) in [7, 11) is 0. The number of nitrogens with one attached hydrogen (secondary N) is 2. The quantitative estimate of drug-likeness (QED) is 0.387. The second-order valence-electron chi connectivity index (χ2n) is 11.2. The van der Waals surface area contributed by atoms with Crippen LogP contribution in [-0.4, -0.2) is 41.0 Å². The Labute approximate surface area is 227 Å². The van der Waals surface area contributed by atoms with E-state index in [0.717, 1.165) is 22.3 Å². The maximum atomic E-state index is 14.1. The molecule has 0 aliphatic heterocycles. The minimum absolute atomic E-state index is 0.107. The first-order chi connectivity index (χ1) is 17.7. The molecule has 2 atom stereocenters. The van der Waals surface area contributed by atoms with Gasteiger partial charge in [0.2, 0.25) is 5.91 Å². The molecule has 206 valence electrons. The van der Waals surface area contributed by atoms with Crippen molar-refractivity contribution in [1.82, 2.24) is 10.2 Å². The van der Waals surface area contributed by atoms with Crippen LogP contribution in [0.5, 0.6) is 0 Å². The summed E-state index contributed by atoms with van der Waals surface area (Å²) < 4.78 is 5.42. The summed E-state index contributed by atoms with van der Waals surface area (Å²) in [5, 5.41) is 5.81. The highest BCUT2D eigenvalue weighted by Crippen LogP contribution is 2.30. The van der Waals surface area contributed by atoms with E-state index in [0.29, 0.717) is 11.3 Å². The van der Waals surface area contributed by atoms with E-state index >= 15 is 0 Å². The third kappa shape index (κ3) is 7.94. The number of benzene rings is 2. The second kappa shape index (κ2) is 12.8. The molecular weight excluding hydrogens is 478 g/mol. The number of hydrogen-bond donors (Lipinski definition) is 2. The number of carbonyl (C=O) groups excluding carboxylic acids is 3. The normalized spacial score (nSPS) is 12.9. The number of para-hydroxylation sites is 1. The molecule has 7 nitrogen and oxygen atoms in total. The van der Waals surface area contributed by atoms with Crippen molar-refractivity contribution < 1.29 is 19.1 Å². The molecule has 38 heavy (non-hydrogen) atoms. The van der Waals surface area contributed by atoms with Crippen LogP contribution in [0, 0.1) is 33.6 Å². The molecule has 2 unspecified atom stereocenters. The van der Waals surface area contributed by atoms with Crippen molar-refractivity contribution in [3.8, 4) is 0 Å². The maximum absolute atomic E-state index is 14.1. The minimum atomic E-state index is -0.957. The van der Waals surface area contributed by atoms with Gasteiger partial charge in [-0.25, -0.2) is 4.79 Å². The summed E-state index contributed by atoms with van der Waals surface area (Å²) in [6, 6.07) is 9.78. The molecule has 3 amide bonds. The summed E-state index contributed by atoms with van der Waals surface area (Å²) in [4.78, 5) is 42.3. The molecule has 0 aliphatic rings. The number of hydrogen-bond acceptors (Lipinski definition) is 4. The highest BCUT2D eigenvalue weighted by Gasteiger charge is 2.38. The van der Waals surface area contributed by atoms with Crippen molar-refractivity contribution in [2.24, 2.45) is 5.92 Å². The largest absolute Gasteiger partial charge is 0.444 e. The molecule has 2 aromatic carbocycles. The third-order valence-electron chi connectivity index (χ3n) is 6.23. The molecular formula is C31H43N3O4. The van der Waals surface area contributed by atoms with E-state index in [4.69, 9.17) is 4.74 Å². The van der Waals surface area contributed by atoms with Gasteiger partial charge in [-0.15, -0.1) is 6.58 Å². The molecule has 2 rings (SSSR count). The lowest BCUT2D eigenvalue weighted by atomic mass is 9.94. The van der Waals surface area contributed by atoms with Crippen molar-refractivity contribution >= 4 is 23.6 Å². The van der Waals surface area contributed by atoms with Crippen molar-refractivity contribution in [3.63, 3.8) is 0 Å². The van der Waals surface area contributed by atoms with Crippen LogP contribution in [0.15, 0.2) is 49.1 Å². The van der Waals surface area contributed by atoms with Gasteiger partial charge in [0.1, 0.15) is 17.7 Å². The number of nitrogens with zero attached hydrogens (tertiary/aromatic N) is 1. The molecule has 0 saturated carbocycles. The second-order valence-corrected chi connectivity index (χ2v) is 11.2. The van der Waals surface area contributed by atoms with Gasteiger partial charge in [-0.3, -0.25) is 9.59 Å². The first kappa shape index (κ1) is 30.6. The monoisotopic (exact) mass is 521 g/mol. The highest BCUT2D eigenvalue weighted by atomic mass is 16.6. The molecule has 0 spiro atoms. The molecule has 2 aromatic rings. The van der Waals surface area contributed by atoms with Gasteiger partial charge < -0.3 is 20.3 Å². The van der Waals surface area contributed by atoms with Gasteiger partial charge in [-0.2, -0.15) is 0 Å². The third-order valence-corrected chi connectivity index (χ3v) is 6.23. The summed E-state index contributed by atoms with van der Waals surface area (Å²) in [6.45, 7) is 20.7. The Hall–Kier alpha value is -3.61. The lowest BCUT2D eigenvalue weighted by Gasteiger charge is -2.35. The van der Waals surface area contributed by atoms with Crippen LogP contribution in [-0.2, 0) is 14.3 Å². The van der Waals surface area contributed by atoms with Gasteiger partial charge in [-0.05, 0) is 76.6 Å². The predicted octanol–water partition coefficient (Wildman–Crippen LogP) is 6.16. The Bertz CT molecular complexity index is 1160. The fourth-order valence-electron chi connectivity index (χ4n) is 4.30. The predicted molar refractivity (Wildman–Crippen MR) is 153 cm³/mol. The highest BCUT2D eigenvalue weighted by molar-refractivity contribution is 6.00. The number of ether oxygens (including phenoxy) is 1. The number of aryl methyl sites for hydroxylation is 4. The van der Waals surface area contributed by atoms with Gasteiger partial charge in [0.25, 0.3) is 5.91 Å².